The fraction of sp³-hybridized carbons (Fsp3) is 0.115. The van der Waals surface area contributed by atoms with Crippen molar-refractivity contribution in [2.75, 3.05) is 0 Å². The van der Waals surface area contributed by atoms with E-state index in [1.54, 1.807) is 36.4 Å². The molecule has 0 atom stereocenters. The van der Waals surface area contributed by atoms with Gasteiger partial charge in [0.05, 0.1) is 10.6 Å². The first-order valence-electron chi connectivity index (χ1n) is 10.1. The van der Waals surface area contributed by atoms with Crippen molar-refractivity contribution in [1.29, 1.82) is 0 Å². The van der Waals surface area contributed by atoms with E-state index in [0.29, 0.717) is 22.3 Å². The van der Waals surface area contributed by atoms with Crippen LogP contribution in [0.15, 0.2) is 72.8 Å². The van der Waals surface area contributed by atoms with Crippen LogP contribution in [0.1, 0.15) is 27.8 Å². The van der Waals surface area contributed by atoms with Gasteiger partial charge >= 0.3 is 12.1 Å². The number of para-hydroxylation sites is 1. The summed E-state index contributed by atoms with van der Waals surface area (Å²) < 4.78 is 59.8. The second-order valence-corrected chi connectivity index (χ2v) is 7.63. The molecule has 0 aliphatic heterocycles. The Morgan fingerprint density at radius 1 is 0.971 bits per heavy atom. The number of hydrogen-bond donors (Lipinski definition) is 1. The zero-order valence-corrected chi connectivity index (χ0v) is 18.4. The number of ether oxygens (including phenoxy) is 1. The van der Waals surface area contributed by atoms with Gasteiger partial charge in [0, 0.05) is 11.6 Å². The van der Waals surface area contributed by atoms with E-state index in [1.807, 2.05) is 0 Å². The molecule has 176 valence electrons. The maximum Gasteiger partial charge on any atom is 0.419 e. The second kappa shape index (κ2) is 11.0. The van der Waals surface area contributed by atoms with Crippen LogP contribution in [0.4, 0.5) is 17.6 Å². The third kappa shape index (κ3) is 6.71. The Morgan fingerprint density at radius 3 is 2.32 bits per heavy atom. The summed E-state index contributed by atoms with van der Waals surface area (Å²) in [5, 5.41) is 8.89. The van der Waals surface area contributed by atoms with Gasteiger partial charge in [-0.25, -0.2) is 9.18 Å². The fourth-order valence-electron chi connectivity index (χ4n) is 3.22. The van der Waals surface area contributed by atoms with E-state index in [9.17, 15) is 22.4 Å². The summed E-state index contributed by atoms with van der Waals surface area (Å²) in [6.45, 7) is -0.272. The number of rotatable bonds is 8. The van der Waals surface area contributed by atoms with Crippen LogP contribution in [0.3, 0.4) is 0 Å². The van der Waals surface area contributed by atoms with E-state index in [1.165, 1.54) is 24.3 Å². The van der Waals surface area contributed by atoms with Gasteiger partial charge in [0.2, 0.25) is 0 Å². The van der Waals surface area contributed by atoms with Crippen molar-refractivity contribution in [3.8, 4) is 5.75 Å². The molecule has 8 heteroatoms. The highest BCUT2D eigenvalue weighted by Crippen LogP contribution is 2.39. The minimum atomic E-state index is -4.64. The quantitative estimate of drug-likeness (QED) is 0.264. The molecule has 0 saturated heterocycles. The van der Waals surface area contributed by atoms with Crippen molar-refractivity contribution in [3.05, 3.63) is 111 Å². The predicted molar refractivity (Wildman–Crippen MR) is 123 cm³/mol. The van der Waals surface area contributed by atoms with Gasteiger partial charge in [-0.15, -0.1) is 0 Å². The van der Waals surface area contributed by atoms with Crippen LogP contribution < -0.4 is 4.74 Å². The molecule has 0 unspecified atom stereocenters. The van der Waals surface area contributed by atoms with Crippen molar-refractivity contribution >= 4 is 29.7 Å². The van der Waals surface area contributed by atoms with Crippen LogP contribution in [0.25, 0.3) is 12.2 Å². The Bertz CT molecular complexity index is 1230. The summed E-state index contributed by atoms with van der Waals surface area (Å²) in [7, 11) is 0. The molecular formula is C26H19ClF4O3. The maximum absolute atomic E-state index is 13.6. The standard InChI is InChI=1S/C26H19ClF4O3/c27-23-15-21(28)13-11-20(23)16-34-25-19(9-4-10-22(25)26(29,30)31)8-3-7-17-5-1-2-6-18(17)12-14-24(32)33/h1-7,9-15H,8,16H2,(H,32,33)/b7-3+,14-12+. The average Bonchev–Trinajstić information content (AvgIpc) is 2.77. The zero-order chi connectivity index (χ0) is 24.7. The minimum absolute atomic E-state index is 0.0527. The molecule has 0 fully saturated rings. The number of benzene rings is 3. The van der Waals surface area contributed by atoms with Gasteiger partial charge < -0.3 is 9.84 Å². The fourth-order valence-corrected chi connectivity index (χ4v) is 3.44. The third-order valence-corrected chi connectivity index (χ3v) is 5.18. The lowest BCUT2D eigenvalue weighted by molar-refractivity contribution is -0.139. The average molecular weight is 491 g/mol. The Balaban J connectivity index is 1.88. The molecule has 3 aromatic rings. The zero-order valence-electron chi connectivity index (χ0n) is 17.7. The van der Waals surface area contributed by atoms with E-state index >= 15 is 0 Å². The van der Waals surface area contributed by atoms with E-state index in [0.717, 1.165) is 24.3 Å². The Hall–Kier alpha value is -3.58. The first kappa shape index (κ1) is 25.1. The van der Waals surface area contributed by atoms with Gasteiger partial charge in [-0.05, 0) is 47.4 Å². The molecule has 0 aliphatic carbocycles. The van der Waals surface area contributed by atoms with Crippen molar-refractivity contribution < 1.29 is 32.2 Å². The van der Waals surface area contributed by atoms with Crippen LogP contribution in [0, 0.1) is 5.82 Å². The van der Waals surface area contributed by atoms with Crippen molar-refractivity contribution in [2.24, 2.45) is 0 Å². The largest absolute Gasteiger partial charge is 0.488 e. The molecule has 0 radical (unpaired) electrons. The van der Waals surface area contributed by atoms with E-state index in [-0.39, 0.29) is 23.8 Å². The number of allylic oxidation sites excluding steroid dienone is 1. The van der Waals surface area contributed by atoms with Crippen LogP contribution >= 0.6 is 11.6 Å². The summed E-state index contributed by atoms with van der Waals surface area (Å²) >= 11 is 5.98. The van der Waals surface area contributed by atoms with E-state index in [2.05, 4.69) is 0 Å². The lowest BCUT2D eigenvalue weighted by Crippen LogP contribution is -2.10. The van der Waals surface area contributed by atoms with Crippen molar-refractivity contribution in [1.82, 2.24) is 0 Å². The van der Waals surface area contributed by atoms with Gasteiger partial charge in [0.15, 0.2) is 0 Å². The number of aliphatic carboxylic acids is 1. The SMILES string of the molecule is O=C(O)/C=C/c1ccccc1/C=C/Cc1cccc(C(F)(F)F)c1OCc1ccc(F)cc1Cl. The Labute approximate surface area is 198 Å². The number of alkyl halides is 3. The third-order valence-electron chi connectivity index (χ3n) is 4.83. The van der Waals surface area contributed by atoms with Gasteiger partial charge in [0.25, 0.3) is 0 Å². The van der Waals surface area contributed by atoms with Gasteiger partial charge in [0.1, 0.15) is 18.2 Å². The summed E-state index contributed by atoms with van der Waals surface area (Å²) in [6, 6.07) is 14.3. The number of carboxylic acid groups (broad SMARTS) is 1. The lowest BCUT2D eigenvalue weighted by Gasteiger charge is -2.17. The molecular weight excluding hydrogens is 472 g/mol. The number of carboxylic acids is 1. The summed E-state index contributed by atoms with van der Waals surface area (Å²) in [5.74, 6) is -1.99. The summed E-state index contributed by atoms with van der Waals surface area (Å²) in [5.41, 5.74) is 1.06. The lowest BCUT2D eigenvalue weighted by atomic mass is 10.0. The summed E-state index contributed by atoms with van der Waals surface area (Å²) in [6.07, 6.45) is 1.28. The van der Waals surface area contributed by atoms with E-state index < -0.39 is 23.5 Å². The van der Waals surface area contributed by atoms with Crippen molar-refractivity contribution in [2.45, 2.75) is 19.2 Å². The minimum Gasteiger partial charge on any atom is -0.488 e. The first-order chi connectivity index (χ1) is 16.1. The van der Waals surface area contributed by atoms with Gasteiger partial charge in [-0.1, -0.05) is 66.2 Å². The van der Waals surface area contributed by atoms with Crippen LogP contribution in [-0.4, -0.2) is 11.1 Å². The molecule has 0 saturated carbocycles. The van der Waals surface area contributed by atoms with Crippen LogP contribution in [0.5, 0.6) is 5.75 Å². The molecule has 0 aliphatic rings. The molecule has 3 nitrogen and oxygen atoms in total. The molecule has 0 spiro atoms. The molecule has 34 heavy (non-hydrogen) atoms. The normalized spacial score (nSPS) is 11.9. The molecule has 0 heterocycles. The highest BCUT2D eigenvalue weighted by Gasteiger charge is 2.35. The number of hydrogen-bond acceptors (Lipinski definition) is 2. The number of halogens is 5. The molecule has 0 aromatic heterocycles. The molecule has 0 bridgehead atoms. The predicted octanol–water partition coefficient (Wildman–Crippen LogP) is 7.43. The molecule has 3 aromatic carbocycles. The second-order valence-electron chi connectivity index (χ2n) is 7.22. The molecule has 1 N–H and O–H groups in total. The topological polar surface area (TPSA) is 46.5 Å². The Morgan fingerprint density at radius 2 is 1.68 bits per heavy atom. The van der Waals surface area contributed by atoms with Crippen LogP contribution in [0.2, 0.25) is 5.02 Å². The monoisotopic (exact) mass is 490 g/mol. The summed E-state index contributed by atoms with van der Waals surface area (Å²) in [4.78, 5) is 10.8. The molecule has 0 amide bonds. The highest BCUT2D eigenvalue weighted by molar-refractivity contribution is 6.31. The van der Waals surface area contributed by atoms with Crippen molar-refractivity contribution in [3.63, 3.8) is 0 Å². The Kier molecular flexibility index (Phi) is 8.12. The van der Waals surface area contributed by atoms with Gasteiger partial charge in [-0.3, -0.25) is 0 Å². The maximum atomic E-state index is 13.6. The highest BCUT2D eigenvalue weighted by atomic mass is 35.5. The number of carbonyl (C=O) groups is 1. The van der Waals surface area contributed by atoms with E-state index in [4.69, 9.17) is 21.4 Å². The van der Waals surface area contributed by atoms with Gasteiger partial charge in [-0.2, -0.15) is 13.2 Å². The smallest absolute Gasteiger partial charge is 0.419 e. The van der Waals surface area contributed by atoms with Crippen LogP contribution in [-0.2, 0) is 24.0 Å². The molecule has 3 rings (SSSR count). The first-order valence-corrected chi connectivity index (χ1v) is 10.5.